The van der Waals surface area contributed by atoms with Crippen molar-refractivity contribution in [2.24, 2.45) is 0 Å². The Balaban J connectivity index is 2.50. The molecule has 0 saturated carbocycles. The Morgan fingerprint density at radius 3 is 3.00 bits per heavy atom. The van der Waals surface area contributed by atoms with Crippen LogP contribution in [0.5, 0.6) is 0 Å². The van der Waals surface area contributed by atoms with E-state index in [-0.39, 0.29) is 0 Å². The van der Waals surface area contributed by atoms with Crippen LogP contribution >= 0.6 is 0 Å². The fourth-order valence-electron chi connectivity index (χ4n) is 0.724. The second-order valence-corrected chi connectivity index (χ2v) is 3.52. The molecule has 0 nitrogen and oxygen atoms in total. The van der Waals surface area contributed by atoms with Crippen LogP contribution < -0.4 is 0 Å². The van der Waals surface area contributed by atoms with Crippen molar-refractivity contribution in [1.29, 1.82) is 0 Å². The monoisotopic (exact) mass is 174 g/mol. The molecule has 0 bridgehead atoms. The van der Waals surface area contributed by atoms with E-state index in [1.165, 1.54) is 12.8 Å². The summed E-state index contributed by atoms with van der Waals surface area (Å²) in [5.41, 5.74) is 1.55. The third kappa shape index (κ3) is 1.50. The molecule has 0 atom stereocenters. The van der Waals surface area contributed by atoms with Crippen LogP contribution in [0.1, 0.15) is 18.9 Å². The van der Waals surface area contributed by atoms with Crippen molar-refractivity contribution in [1.82, 2.24) is 0 Å². The molecule has 8 heavy (non-hydrogen) atoms. The first-order valence-corrected chi connectivity index (χ1v) is 4.92. The fourth-order valence-corrected chi connectivity index (χ4v) is 2.20. The van der Waals surface area contributed by atoms with Gasteiger partial charge >= 0.3 is 55.8 Å². The molecule has 0 aliphatic rings. The summed E-state index contributed by atoms with van der Waals surface area (Å²) in [6.07, 6.45) is 2.56. The molecule has 1 heterocycles. The van der Waals surface area contributed by atoms with Crippen LogP contribution in [0.4, 0.5) is 0 Å². The predicted octanol–water partition coefficient (Wildman–Crippen LogP) is 1.70. The Morgan fingerprint density at radius 2 is 2.50 bits per heavy atom. The van der Waals surface area contributed by atoms with Gasteiger partial charge in [0.05, 0.1) is 0 Å². The summed E-state index contributed by atoms with van der Waals surface area (Å²) in [5.74, 6) is 0. The molecule has 0 fully saturated rings. The molecule has 44 valence electrons. The summed E-state index contributed by atoms with van der Waals surface area (Å²) in [4.78, 5) is 4.63. The Bertz CT molecular complexity index is 130. The van der Waals surface area contributed by atoms with E-state index in [4.69, 9.17) is 0 Å². The fraction of sp³-hybridized carbons (Fsp3) is 0.429. The van der Waals surface area contributed by atoms with E-state index in [0.29, 0.717) is 14.5 Å². The minimum atomic E-state index is 0.699. The van der Waals surface area contributed by atoms with Crippen molar-refractivity contribution in [2.75, 3.05) is 0 Å². The first kappa shape index (κ1) is 6.12. The molecule has 1 rings (SSSR count). The second kappa shape index (κ2) is 3.11. The maximum absolute atomic E-state index is 2.36. The van der Waals surface area contributed by atoms with E-state index < -0.39 is 0 Å². The van der Waals surface area contributed by atoms with Gasteiger partial charge in [0.2, 0.25) is 0 Å². The van der Waals surface area contributed by atoms with Crippen LogP contribution in [0.25, 0.3) is 0 Å². The van der Waals surface area contributed by atoms with Gasteiger partial charge in [0.25, 0.3) is 0 Å². The van der Waals surface area contributed by atoms with E-state index in [1.54, 1.807) is 5.56 Å². The second-order valence-electron chi connectivity index (χ2n) is 1.88. The van der Waals surface area contributed by atoms with Crippen molar-refractivity contribution in [3.05, 3.63) is 21.5 Å². The normalized spacial score (nSPS) is 9.62. The quantitative estimate of drug-likeness (QED) is 0.597. The molecule has 0 aliphatic heterocycles. The Kier molecular flexibility index (Phi) is 2.38. The van der Waals surface area contributed by atoms with E-state index in [9.17, 15) is 0 Å². The third-order valence-electron chi connectivity index (χ3n) is 1.12. The SMILES string of the molecule is CCCc1cc[se]c1. The van der Waals surface area contributed by atoms with Crippen LogP contribution in [0.3, 0.4) is 0 Å². The Hall–Kier alpha value is -0.000519. The zero-order chi connectivity index (χ0) is 5.82. The first-order chi connectivity index (χ1) is 3.93. The van der Waals surface area contributed by atoms with Crippen LogP contribution in [-0.2, 0) is 6.42 Å². The molecule has 1 aromatic heterocycles. The van der Waals surface area contributed by atoms with Gasteiger partial charge in [-0.15, -0.1) is 0 Å². The van der Waals surface area contributed by atoms with Crippen LogP contribution in [0, 0.1) is 0 Å². The zero-order valence-electron chi connectivity index (χ0n) is 5.05. The van der Waals surface area contributed by atoms with Crippen molar-refractivity contribution in [2.45, 2.75) is 19.8 Å². The van der Waals surface area contributed by atoms with Crippen molar-refractivity contribution in [3.8, 4) is 0 Å². The van der Waals surface area contributed by atoms with E-state index in [2.05, 4.69) is 22.9 Å². The summed E-state index contributed by atoms with van der Waals surface area (Å²) in [6.45, 7) is 2.22. The summed E-state index contributed by atoms with van der Waals surface area (Å²) in [7, 11) is 0. The summed E-state index contributed by atoms with van der Waals surface area (Å²) in [6, 6.07) is 2.25. The molecule has 1 heteroatoms. The number of rotatable bonds is 2. The van der Waals surface area contributed by atoms with Gasteiger partial charge < -0.3 is 0 Å². The molecule has 0 aromatic carbocycles. The average molecular weight is 173 g/mol. The molecule has 0 unspecified atom stereocenters. The van der Waals surface area contributed by atoms with Gasteiger partial charge in [-0.3, -0.25) is 0 Å². The van der Waals surface area contributed by atoms with Crippen molar-refractivity contribution < 1.29 is 0 Å². The van der Waals surface area contributed by atoms with E-state index in [1.807, 2.05) is 0 Å². The van der Waals surface area contributed by atoms with Crippen molar-refractivity contribution in [3.63, 3.8) is 0 Å². The van der Waals surface area contributed by atoms with E-state index >= 15 is 0 Å². The van der Waals surface area contributed by atoms with Gasteiger partial charge in [-0.2, -0.15) is 0 Å². The molecule has 0 saturated heterocycles. The van der Waals surface area contributed by atoms with Gasteiger partial charge in [-0.05, 0) is 0 Å². The van der Waals surface area contributed by atoms with E-state index in [0.717, 1.165) is 0 Å². The predicted molar refractivity (Wildman–Crippen MR) is 37.4 cm³/mol. The van der Waals surface area contributed by atoms with Gasteiger partial charge in [0, 0.05) is 0 Å². The van der Waals surface area contributed by atoms with Crippen molar-refractivity contribution >= 4 is 14.5 Å². The number of aryl methyl sites for hydroxylation is 1. The molecule has 0 spiro atoms. The van der Waals surface area contributed by atoms with Crippen LogP contribution in [-0.4, -0.2) is 14.5 Å². The minimum absolute atomic E-state index is 0.699. The number of hydrogen-bond acceptors (Lipinski definition) is 0. The molecule has 1 aromatic rings. The molecular weight excluding hydrogens is 163 g/mol. The Morgan fingerprint density at radius 1 is 1.62 bits per heavy atom. The van der Waals surface area contributed by atoms with Crippen LogP contribution in [0.15, 0.2) is 15.9 Å². The average Bonchev–Trinajstić information content (AvgIpc) is 2.19. The molecule has 0 amide bonds. The summed E-state index contributed by atoms with van der Waals surface area (Å²) in [5, 5.41) is 0. The topological polar surface area (TPSA) is 0 Å². The third-order valence-corrected chi connectivity index (χ3v) is 2.65. The van der Waals surface area contributed by atoms with Gasteiger partial charge in [-0.1, -0.05) is 0 Å². The Labute approximate surface area is 56.3 Å². The summed E-state index contributed by atoms with van der Waals surface area (Å²) < 4.78 is 0. The van der Waals surface area contributed by atoms with Gasteiger partial charge in [0.15, 0.2) is 0 Å². The van der Waals surface area contributed by atoms with Gasteiger partial charge in [-0.25, -0.2) is 0 Å². The zero-order valence-corrected chi connectivity index (χ0v) is 6.77. The standard InChI is InChI=1S/C7H10Se/c1-2-3-7-4-5-8-6-7/h4-6H,2-3H2,1H3. The summed E-state index contributed by atoms with van der Waals surface area (Å²) >= 11 is 0.699. The first-order valence-electron chi connectivity index (χ1n) is 2.94. The number of hydrogen-bond donors (Lipinski definition) is 0. The molecule has 0 N–H and O–H groups in total. The molecule has 0 aliphatic carbocycles. The molecule has 0 radical (unpaired) electrons. The maximum atomic E-state index is 2.36. The molecular formula is C7H10Se. The van der Waals surface area contributed by atoms with Gasteiger partial charge in [0.1, 0.15) is 0 Å². The van der Waals surface area contributed by atoms with Crippen LogP contribution in [0.2, 0.25) is 0 Å².